The zero-order valence-electron chi connectivity index (χ0n) is 15.8. The van der Waals surface area contributed by atoms with E-state index in [0.717, 1.165) is 18.9 Å². The summed E-state index contributed by atoms with van der Waals surface area (Å²) in [5, 5.41) is 0. The van der Waals surface area contributed by atoms with Gasteiger partial charge in [-0.3, -0.25) is 4.90 Å². The molecule has 0 aromatic heterocycles. The molecule has 0 amide bonds. The van der Waals surface area contributed by atoms with E-state index in [9.17, 15) is 0 Å². The Labute approximate surface area is 152 Å². The number of hydrogen-bond acceptors (Lipinski definition) is 1. The van der Waals surface area contributed by atoms with Crippen LogP contribution < -0.4 is 0 Å². The first-order valence-corrected chi connectivity index (χ1v) is 9.68. The zero-order chi connectivity index (χ0) is 17.4. The van der Waals surface area contributed by atoms with Gasteiger partial charge in [-0.25, -0.2) is 0 Å². The molecule has 2 aromatic carbocycles. The molecule has 4 rings (SSSR count). The van der Waals surface area contributed by atoms with Gasteiger partial charge in [0.1, 0.15) is 0 Å². The number of aryl methyl sites for hydroxylation is 2. The third-order valence-electron chi connectivity index (χ3n) is 6.15. The van der Waals surface area contributed by atoms with Crippen LogP contribution in [-0.2, 0) is 13.0 Å². The molecule has 0 N–H and O–H groups in total. The topological polar surface area (TPSA) is 3.24 Å². The number of nitrogens with zero attached hydrogens (tertiary/aromatic N) is 1. The Kier molecular flexibility index (Phi) is 4.52. The minimum Gasteiger partial charge on any atom is -0.292 e. The summed E-state index contributed by atoms with van der Waals surface area (Å²) in [4.78, 5) is 2.72. The average molecular weight is 332 g/mol. The van der Waals surface area contributed by atoms with Gasteiger partial charge in [-0.05, 0) is 79.0 Å². The van der Waals surface area contributed by atoms with Gasteiger partial charge in [0.15, 0.2) is 0 Å². The average Bonchev–Trinajstić information content (AvgIpc) is 3.03. The maximum Gasteiger partial charge on any atom is 0.0320 e. The van der Waals surface area contributed by atoms with Crippen LogP contribution >= 0.6 is 0 Å². The summed E-state index contributed by atoms with van der Waals surface area (Å²) in [6.45, 7) is 9.14. The Bertz CT molecular complexity index is 801. The lowest BCUT2D eigenvalue weighted by molar-refractivity contribution is 0.132. The van der Waals surface area contributed by atoms with Crippen molar-refractivity contribution in [3.8, 4) is 0 Å². The molecule has 1 saturated heterocycles. The molecule has 1 heteroatoms. The molecule has 2 aliphatic rings. The van der Waals surface area contributed by atoms with E-state index in [0.29, 0.717) is 6.04 Å². The Balaban J connectivity index is 1.57. The number of benzene rings is 2. The Hall–Kier alpha value is -1.86. The lowest BCUT2D eigenvalue weighted by Crippen LogP contribution is -2.42. The van der Waals surface area contributed by atoms with E-state index < -0.39 is 0 Å². The van der Waals surface area contributed by atoms with Crippen LogP contribution in [0.15, 0.2) is 48.0 Å². The van der Waals surface area contributed by atoms with E-state index in [1.807, 2.05) is 0 Å². The zero-order valence-corrected chi connectivity index (χ0v) is 15.8. The van der Waals surface area contributed by atoms with Gasteiger partial charge in [0.05, 0.1) is 0 Å². The second-order valence-electron chi connectivity index (χ2n) is 8.13. The van der Waals surface area contributed by atoms with Gasteiger partial charge in [0.2, 0.25) is 0 Å². The predicted octanol–water partition coefficient (Wildman–Crippen LogP) is 5.54. The van der Waals surface area contributed by atoms with Gasteiger partial charge in [-0.15, -0.1) is 0 Å². The number of likely N-dealkylation sites (tertiary alicyclic amines) is 1. The van der Waals surface area contributed by atoms with Crippen LogP contribution in [0.5, 0.6) is 0 Å². The number of rotatable bonds is 3. The summed E-state index contributed by atoms with van der Waals surface area (Å²) in [7, 11) is 0. The molecule has 2 atom stereocenters. The molecule has 0 spiro atoms. The fraction of sp³-hybridized carbons (Fsp3) is 0.417. The largest absolute Gasteiger partial charge is 0.292 e. The van der Waals surface area contributed by atoms with Crippen LogP contribution in [0.3, 0.4) is 0 Å². The van der Waals surface area contributed by atoms with E-state index in [2.05, 4.69) is 74.2 Å². The van der Waals surface area contributed by atoms with Crippen molar-refractivity contribution in [3.63, 3.8) is 0 Å². The molecular weight excluding hydrogens is 302 g/mol. The molecule has 1 aliphatic heterocycles. The Morgan fingerprint density at radius 2 is 1.88 bits per heavy atom. The number of piperidine rings is 1. The van der Waals surface area contributed by atoms with Crippen molar-refractivity contribution in [2.45, 2.75) is 52.6 Å². The van der Waals surface area contributed by atoms with Crippen LogP contribution in [0.2, 0.25) is 0 Å². The molecule has 25 heavy (non-hydrogen) atoms. The van der Waals surface area contributed by atoms with Crippen molar-refractivity contribution >= 4 is 6.08 Å². The smallest absolute Gasteiger partial charge is 0.0320 e. The molecule has 0 radical (unpaired) electrons. The fourth-order valence-corrected chi connectivity index (χ4v) is 4.42. The summed E-state index contributed by atoms with van der Waals surface area (Å²) in [5.41, 5.74) is 8.81. The molecular formula is C24H29N. The predicted molar refractivity (Wildman–Crippen MR) is 107 cm³/mol. The lowest BCUT2D eigenvalue weighted by Gasteiger charge is -2.39. The molecule has 1 aliphatic carbocycles. The minimum atomic E-state index is 0.595. The first-order valence-electron chi connectivity index (χ1n) is 9.68. The maximum atomic E-state index is 2.72. The van der Waals surface area contributed by atoms with Crippen molar-refractivity contribution < 1.29 is 0 Å². The van der Waals surface area contributed by atoms with Crippen molar-refractivity contribution in [1.82, 2.24) is 4.90 Å². The number of hydrogen-bond donors (Lipinski definition) is 0. The van der Waals surface area contributed by atoms with Crippen molar-refractivity contribution in [2.24, 2.45) is 5.92 Å². The van der Waals surface area contributed by atoms with Crippen LogP contribution in [0.4, 0.5) is 0 Å². The standard InChI is InChI=1S/C24H29N/c1-17-10-11-25(16-20-9-8-18(2)19(3)13-20)24(12-17)23-14-21-6-4-5-7-22(21)15-23/h4-9,13-14,17,24H,10-12,15-16H2,1-3H3. The van der Waals surface area contributed by atoms with Crippen LogP contribution in [0.25, 0.3) is 6.08 Å². The molecule has 1 nitrogen and oxygen atoms in total. The summed E-state index contributed by atoms with van der Waals surface area (Å²) in [6.07, 6.45) is 6.22. The molecule has 1 fully saturated rings. The third-order valence-corrected chi connectivity index (χ3v) is 6.15. The molecule has 0 saturated carbocycles. The second kappa shape index (κ2) is 6.80. The first kappa shape index (κ1) is 16.6. The lowest BCUT2D eigenvalue weighted by atomic mass is 9.87. The van der Waals surface area contributed by atoms with Crippen LogP contribution in [-0.4, -0.2) is 17.5 Å². The summed E-state index contributed by atoms with van der Waals surface area (Å²) in [6, 6.07) is 16.5. The first-order chi connectivity index (χ1) is 12.1. The van der Waals surface area contributed by atoms with E-state index >= 15 is 0 Å². The highest BCUT2D eigenvalue weighted by molar-refractivity contribution is 5.64. The van der Waals surface area contributed by atoms with Gasteiger partial charge < -0.3 is 0 Å². The van der Waals surface area contributed by atoms with E-state index in [4.69, 9.17) is 0 Å². The molecule has 2 unspecified atom stereocenters. The van der Waals surface area contributed by atoms with E-state index in [1.165, 1.54) is 47.2 Å². The SMILES string of the molecule is Cc1ccc(CN2CCC(C)CC2C2=Cc3ccccc3C2)cc1C. The maximum absolute atomic E-state index is 2.72. The second-order valence-corrected chi connectivity index (χ2v) is 8.13. The van der Waals surface area contributed by atoms with Gasteiger partial charge in [0.25, 0.3) is 0 Å². The highest BCUT2D eigenvalue weighted by atomic mass is 15.2. The highest BCUT2D eigenvalue weighted by Gasteiger charge is 2.31. The van der Waals surface area contributed by atoms with Crippen molar-refractivity contribution in [1.29, 1.82) is 0 Å². The van der Waals surface area contributed by atoms with Gasteiger partial charge in [-0.2, -0.15) is 0 Å². The van der Waals surface area contributed by atoms with E-state index in [-0.39, 0.29) is 0 Å². The van der Waals surface area contributed by atoms with Gasteiger partial charge in [-0.1, -0.05) is 55.5 Å². The van der Waals surface area contributed by atoms with E-state index in [1.54, 1.807) is 5.57 Å². The highest BCUT2D eigenvalue weighted by Crippen LogP contribution is 2.35. The number of fused-ring (bicyclic) bond motifs is 1. The third kappa shape index (κ3) is 3.43. The molecule has 0 bridgehead atoms. The summed E-state index contributed by atoms with van der Waals surface area (Å²) in [5.74, 6) is 0.825. The van der Waals surface area contributed by atoms with Crippen molar-refractivity contribution in [3.05, 3.63) is 75.9 Å². The Morgan fingerprint density at radius 1 is 1.04 bits per heavy atom. The van der Waals surface area contributed by atoms with Crippen LogP contribution in [0.1, 0.15) is 47.6 Å². The van der Waals surface area contributed by atoms with Crippen LogP contribution in [0, 0.1) is 19.8 Å². The summed E-state index contributed by atoms with van der Waals surface area (Å²) >= 11 is 0. The normalized spacial score (nSPS) is 23.4. The monoisotopic (exact) mass is 331 g/mol. The molecule has 1 heterocycles. The fourth-order valence-electron chi connectivity index (χ4n) is 4.42. The summed E-state index contributed by atoms with van der Waals surface area (Å²) < 4.78 is 0. The van der Waals surface area contributed by atoms with Crippen molar-refractivity contribution in [2.75, 3.05) is 6.54 Å². The molecule has 2 aromatic rings. The minimum absolute atomic E-state index is 0.595. The Morgan fingerprint density at radius 3 is 2.68 bits per heavy atom. The molecule has 130 valence electrons. The van der Waals surface area contributed by atoms with Gasteiger partial charge >= 0.3 is 0 Å². The van der Waals surface area contributed by atoms with Gasteiger partial charge in [0, 0.05) is 12.6 Å². The quantitative estimate of drug-likeness (QED) is 0.713.